The van der Waals surface area contributed by atoms with Gasteiger partial charge >= 0.3 is 12.1 Å². The van der Waals surface area contributed by atoms with Gasteiger partial charge < -0.3 is 18.6 Å². The molecule has 0 spiro atoms. The maximum Gasteiger partial charge on any atom is 0.516 e. The molecule has 0 radical (unpaired) electrons. The van der Waals surface area contributed by atoms with Crippen LogP contribution >= 0.6 is 0 Å². The van der Waals surface area contributed by atoms with Crippen molar-refractivity contribution in [3.05, 3.63) is 49.2 Å². The minimum Gasteiger partial charge on any atom is -0.494 e. The average molecular weight is 288 g/mol. The third kappa shape index (κ3) is 3.89. The van der Waals surface area contributed by atoms with E-state index in [1.54, 1.807) is 6.07 Å². The lowest BCUT2D eigenvalue weighted by atomic mass is 10.1. The summed E-state index contributed by atoms with van der Waals surface area (Å²) in [5.41, 5.74) is 1.51. The summed E-state index contributed by atoms with van der Waals surface area (Å²) in [6.45, 7) is 6.06. The van der Waals surface area contributed by atoms with Crippen molar-refractivity contribution in [3.63, 3.8) is 0 Å². The number of furan rings is 1. The van der Waals surface area contributed by atoms with Gasteiger partial charge in [-0.15, -0.1) is 0 Å². The number of carbonyl (C=O) groups excluding carboxylic acids is 1. The quantitative estimate of drug-likeness (QED) is 0.593. The van der Waals surface area contributed by atoms with Gasteiger partial charge in [0.2, 0.25) is 0 Å². The molecule has 0 amide bonds. The highest BCUT2D eigenvalue weighted by Crippen LogP contribution is 2.32. The predicted molar refractivity (Wildman–Crippen MR) is 77.5 cm³/mol. The van der Waals surface area contributed by atoms with Gasteiger partial charge in [0.05, 0.1) is 18.4 Å². The molecule has 110 valence electrons. The Morgan fingerprint density at radius 3 is 2.71 bits per heavy atom. The fourth-order valence-electron chi connectivity index (χ4n) is 1.72. The van der Waals surface area contributed by atoms with E-state index in [0.29, 0.717) is 12.2 Å². The van der Waals surface area contributed by atoms with E-state index in [2.05, 4.69) is 6.58 Å². The molecular weight excluding hydrogens is 272 g/mol. The van der Waals surface area contributed by atoms with Gasteiger partial charge in [-0.1, -0.05) is 24.8 Å². The minimum atomic E-state index is -0.836. The van der Waals surface area contributed by atoms with Gasteiger partial charge in [-0.05, 0) is 30.7 Å². The highest BCUT2D eigenvalue weighted by Gasteiger charge is 2.15. The molecule has 2 aromatic rings. The zero-order valence-corrected chi connectivity index (χ0v) is 11.7. The molecule has 1 aromatic heterocycles. The Balaban J connectivity index is 2.12. The summed E-state index contributed by atoms with van der Waals surface area (Å²) in [5, 5.41) is 0. The van der Waals surface area contributed by atoms with Crippen molar-refractivity contribution in [3.8, 4) is 22.8 Å². The van der Waals surface area contributed by atoms with Crippen molar-refractivity contribution in [2.75, 3.05) is 13.2 Å². The number of benzene rings is 1. The van der Waals surface area contributed by atoms with E-state index in [-0.39, 0.29) is 12.6 Å². The number of hydrogen-bond acceptors (Lipinski definition) is 5. The molecule has 0 atom stereocenters. The van der Waals surface area contributed by atoms with Crippen LogP contribution in [-0.4, -0.2) is 19.4 Å². The van der Waals surface area contributed by atoms with Crippen LogP contribution in [0.25, 0.3) is 11.1 Å². The SMILES string of the molecule is C=CCOC(=O)Oc1occc1-c1ccc(OCC)cc1. The Kier molecular flexibility index (Phi) is 5.04. The highest BCUT2D eigenvalue weighted by atomic mass is 16.8. The summed E-state index contributed by atoms with van der Waals surface area (Å²) in [6.07, 6.45) is 2.07. The van der Waals surface area contributed by atoms with Gasteiger partial charge in [0.1, 0.15) is 12.4 Å². The van der Waals surface area contributed by atoms with Gasteiger partial charge in [0.25, 0.3) is 0 Å². The van der Waals surface area contributed by atoms with Crippen molar-refractivity contribution in [2.45, 2.75) is 6.92 Å². The van der Waals surface area contributed by atoms with Crippen LogP contribution in [0.5, 0.6) is 11.7 Å². The molecule has 0 N–H and O–H groups in total. The van der Waals surface area contributed by atoms with Gasteiger partial charge in [0, 0.05) is 0 Å². The van der Waals surface area contributed by atoms with Crippen LogP contribution in [0.4, 0.5) is 4.79 Å². The Morgan fingerprint density at radius 2 is 2.05 bits per heavy atom. The van der Waals surface area contributed by atoms with E-state index in [1.807, 2.05) is 31.2 Å². The summed E-state index contributed by atoms with van der Waals surface area (Å²) < 4.78 is 20.3. The summed E-state index contributed by atoms with van der Waals surface area (Å²) in [4.78, 5) is 11.4. The van der Waals surface area contributed by atoms with Gasteiger partial charge in [0.15, 0.2) is 0 Å². The normalized spacial score (nSPS) is 9.95. The first kappa shape index (κ1) is 14.7. The second kappa shape index (κ2) is 7.19. The van der Waals surface area contributed by atoms with Crippen LogP contribution in [0.1, 0.15) is 6.92 Å². The zero-order chi connectivity index (χ0) is 15.1. The molecule has 21 heavy (non-hydrogen) atoms. The number of carbonyl (C=O) groups is 1. The molecular formula is C16H16O5. The minimum absolute atomic E-state index is 0.0813. The lowest BCUT2D eigenvalue weighted by molar-refractivity contribution is 0.100. The Hall–Kier alpha value is -2.69. The smallest absolute Gasteiger partial charge is 0.494 e. The second-order valence-electron chi connectivity index (χ2n) is 4.03. The number of ether oxygens (including phenoxy) is 3. The summed E-state index contributed by atoms with van der Waals surface area (Å²) in [6, 6.07) is 9.11. The molecule has 0 aliphatic heterocycles. The van der Waals surface area contributed by atoms with E-state index >= 15 is 0 Å². The van der Waals surface area contributed by atoms with E-state index in [9.17, 15) is 4.79 Å². The fourth-order valence-corrected chi connectivity index (χ4v) is 1.72. The fraction of sp³-hybridized carbons (Fsp3) is 0.188. The molecule has 0 saturated heterocycles. The van der Waals surface area contributed by atoms with Gasteiger partial charge in [-0.3, -0.25) is 0 Å². The van der Waals surface area contributed by atoms with Crippen LogP contribution in [-0.2, 0) is 4.74 Å². The average Bonchev–Trinajstić information content (AvgIpc) is 2.94. The van der Waals surface area contributed by atoms with Crippen LogP contribution in [0, 0.1) is 0 Å². The van der Waals surface area contributed by atoms with Crippen LogP contribution in [0.2, 0.25) is 0 Å². The summed E-state index contributed by atoms with van der Waals surface area (Å²) in [5.74, 6) is 0.867. The van der Waals surface area contributed by atoms with E-state index < -0.39 is 6.16 Å². The largest absolute Gasteiger partial charge is 0.516 e. The molecule has 0 aliphatic rings. The topological polar surface area (TPSA) is 57.9 Å². The zero-order valence-electron chi connectivity index (χ0n) is 11.7. The van der Waals surface area contributed by atoms with Crippen molar-refractivity contribution >= 4 is 6.16 Å². The van der Waals surface area contributed by atoms with Crippen LogP contribution < -0.4 is 9.47 Å². The van der Waals surface area contributed by atoms with Crippen LogP contribution in [0.15, 0.2) is 53.7 Å². The van der Waals surface area contributed by atoms with Crippen molar-refractivity contribution in [1.82, 2.24) is 0 Å². The monoisotopic (exact) mass is 288 g/mol. The maximum absolute atomic E-state index is 11.4. The third-order valence-corrected chi connectivity index (χ3v) is 2.60. The van der Waals surface area contributed by atoms with Crippen molar-refractivity contribution in [1.29, 1.82) is 0 Å². The Labute approximate surface area is 122 Å². The molecule has 0 saturated carbocycles. The molecule has 0 aliphatic carbocycles. The molecule has 5 heteroatoms. The van der Waals surface area contributed by atoms with E-state index in [4.69, 9.17) is 18.6 Å². The van der Waals surface area contributed by atoms with E-state index in [0.717, 1.165) is 11.3 Å². The number of rotatable bonds is 6. The lowest BCUT2D eigenvalue weighted by Crippen LogP contribution is -2.10. The Morgan fingerprint density at radius 1 is 1.29 bits per heavy atom. The first-order valence-corrected chi connectivity index (χ1v) is 6.50. The van der Waals surface area contributed by atoms with Gasteiger partial charge in [-0.2, -0.15) is 0 Å². The third-order valence-electron chi connectivity index (χ3n) is 2.60. The van der Waals surface area contributed by atoms with Crippen molar-refractivity contribution in [2.24, 2.45) is 0 Å². The predicted octanol–water partition coefficient (Wildman–Crippen LogP) is 4.05. The first-order chi connectivity index (χ1) is 10.2. The van der Waals surface area contributed by atoms with E-state index in [1.165, 1.54) is 12.3 Å². The maximum atomic E-state index is 11.4. The molecule has 0 unspecified atom stereocenters. The molecule has 2 rings (SSSR count). The molecule has 1 heterocycles. The second-order valence-corrected chi connectivity index (χ2v) is 4.03. The van der Waals surface area contributed by atoms with Crippen molar-refractivity contribution < 1.29 is 23.4 Å². The number of hydrogen-bond donors (Lipinski definition) is 0. The standard InChI is InChI=1S/C16H16O5/c1-3-10-20-16(17)21-15-14(9-11-19-15)12-5-7-13(8-6-12)18-4-2/h3,5-9,11H,1,4,10H2,2H3. The van der Waals surface area contributed by atoms with Crippen LogP contribution in [0.3, 0.4) is 0 Å². The summed E-state index contributed by atoms with van der Waals surface area (Å²) in [7, 11) is 0. The molecule has 0 bridgehead atoms. The van der Waals surface area contributed by atoms with Gasteiger partial charge in [-0.25, -0.2) is 4.79 Å². The molecule has 5 nitrogen and oxygen atoms in total. The lowest BCUT2D eigenvalue weighted by Gasteiger charge is -2.06. The molecule has 0 fully saturated rings. The molecule has 1 aromatic carbocycles. The highest BCUT2D eigenvalue weighted by molar-refractivity contribution is 5.72. The summed E-state index contributed by atoms with van der Waals surface area (Å²) >= 11 is 0. The first-order valence-electron chi connectivity index (χ1n) is 6.50. The Bertz CT molecular complexity index is 597.